The molecule has 0 radical (unpaired) electrons. The molecule has 1 heterocycles. The molecule has 4 nitrogen and oxygen atoms in total. The number of benzene rings is 2. The van der Waals surface area contributed by atoms with Gasteiger partial charge in [0.15, 0.2) is 0 Å². The van der Waals surface area contributed by atoms with Gasteiger partial charge in [-0.05, 0) is 54.8 Å². The van der Waals surface area contributed by atoms with Crippen LogP contribution in [0, 0.1) is 0 Å². The zero-order chi connectivity index (χ0) is 18.5. The molecule has 0 saturated heterocycles. The van der Waals surface area contributed by atoms with Crippen LogP contribution >= 0.6 is 0 Å². The van der Waals surface area contributed by atoms with E-state index in [-0.39, 0.29) is 11.3 Å². The molecule has 1 saturated carbocycles. The Morgan fingerprint density at radius 2 is 1.77 bits per heavy atom. The van der Waals surface area contributed by atoms with Gasteiger partial charge >= 0.3 is 0 Å². The average Bonchev–Trinajstić information content (AvgIpc) is 3.27. The van der Waals surface area contributed by atoms with Gasteiger partial charge in [-0.25, -0.2) is 0 Å². The van der Waals surface area contributed by atoms with E-state index >= 15 is 0 Å². The van der Waals surface area contributed by atoms with Crippen LogP contribution < -0.4 is 11.1 Å². The molecule has 0 aliphatic heterocycles. The molecule has 1 amide bonds. The number of nitrogens with two attached hydrogens (primary N) is 1. The molecule has 4 heteroatoms. The SMILES string of the molecule is CC(C)(C)c1cc2cc(NC(=O)C3(c4ccc(N)cc4)CC3)ccc2[nH]1. The first-order valence-electron chi connectivity index (χ1n) is 9.09. The second-order valence-corrected chi connectivity index (χ2v) is 8.39. The highest BCUT2D eigenvalue weighted by atomic mass is 16.2. The lowest BCUT2D eigenvalue weighted by atomic mass is 9.92. The maximum absolute atomic E-state index is 12.9. The zero-order valence-electron chi connectivity index (χ0n) is 15.5. The minimum Gasteiger partial charge on any atom is -0.399 e. The number of fused-ring (bicyclic) bond motifs is 1. The van der Waals surface area contributed by atoms with E-state index < -0.39 is 5.41 Å². The van der Waals surface area contributed by atoms with Crippen molar-refractivity contribution >= 4 is 28.2 Å². The lowest BCUT2D eigenvalue weighted by Gasteiger charge is -2.16. The molecular weight excluding hydrogens is 322 g/mol. The van der Waals surface area contributed by atoms with Crippen molar-refractivity contribution in [3.05, 3.63) is 59.8 Å². The second kappa shape index (κ2) is 5.63. The van der Waals surface area contributed by atoms with Crippen LogP contribution in [0.3, 0.4) is 0 Å². The Kier molecular flexibility index (Phi) is 3.62. The van der Waals surface area contributed by atoms with Crippen molar-refractivity contribution in [3.8, 4) is 0 Å². The summed E-state index contributed by atoms with van der Waals surface area (Å²) in [6.07, 6.45) is 1.76. The molecule has 2 aromatic carbocycles. The quantitative estimate of drug-likeness (QED) is 0.600. The molecule has 4 rings (SSSR count). The summed E-state index contributed by atoms with van der Waals surface area (Å²) in [5.41, 5.74) is 10.3. The summed E-state index contributed by atoms with van der Waals surface area (Å²) in [6.45, 7) is 6.55. The highest BCUT2D eigenvalue weighted by molar-refractivity contribution is 6.02. The van der Waals surface area contributed by atoms with E-state index in [0.29, 0.717) is 0 Å². The minimum atomic E-state index is -0.405. The Bertz CT molecular complexity index is 973. The topological polar surface area (TPSA) is 70.9 Å². The lowest BCUT2D eigenvalue weighted by molar-refractivity contribution is -0.118. The summed E-state index contributed by atoms with van der Waals surface area (Å²) >= 11 is 0. The van der Waals surface area contributed by atoms with E-state index in [1.165, 1.54) is 5.69 Å². The first kappa shape index (κ1) is 16.7. The summed E-state index contributed by atoms with van der Waals surface area (Å²) in [7, 11) is 0. The first-order chi connectivity index (χ1) is 12.3. The predicted octanol–water partition coefficient (Wildman–Crippen LogP) is 4.72. The average molecular weight is 347 g/mol. The Hall–Kier alpha value is -2.75. The summed E-state index contributed by atoms with van der Waals surface area (Å²) in [5, 5.41) is 4.23. The lowest BCUT2D eigenvalue weighted by Crippen LogP contribution is -2.27. The van der Waals surface area contributed by atoms with Crippen molar-refractivity contribution in [1.29, 1.82) is 0 Å². The van der Waals surface area contributed by atoms with Crippen molar-refractivity contribution < 1.29 is 4.79 Å². The van der Waals surface area contributed by atoms with Gasteiger partial charge in [0.25, 0.3) is 0 Å². The van der Waals surface area contributed by atoms with Crippen LogP contribution in [-0.4, -0.2) is 10.9 Å². The Labute approximate surface area is 153 Å². The van der Waals surface area contributed by atoms with E-state index in [4.69, 9.17) is 5.73 Å². The number of hydrogen-bond acceptors (Lipinski definition) is 2. The Morgan fingerprint density at radius 3 is 2.38 bits per heavy atom. The van der Waals surface area contributed by atoms with E-state index in [2.05, 4.69) is 37.1 Å². The van der Waals surface area contributed by atoms with Crippen LogP contribution in [0.4, 0.5) is 11.4 Å². The van der Waals surface area contributed by atoms with Gasteiger partial charge in [-0.2, -0.15) is 0 Å². The summed E-state index contributed by atoms with van der Waals surface area (Å²) in [5.74, 6) is 0.0631. The second-order valence-electron chi connectivity index (χ2n) is 8.39. The highest BCUT2D eigenvalue weighted by Gasteiger charge is 2.51. The van der Waals surface area contributed by atoms with Gasteiger partial charge in [-0.15, -0.1) is 0 Å². The molecule has 134 valence electrons. The maximum Gasteiger partial charge on any atom is 0.235 e. The van der Waals surface area contributed by atoms with Gasteiger partial charge < -0.3 is 16.0 Å². The summed E-state index contributed by atoms with van der Waals surface area (Å²) in [4.78, 5) is 16.4. The number of H-pyrrole nitrogens is 1. The van der Waals surface area contributed by atoms with E-state index in [9.17, 15) is 4.79 Å². The predicted molar refractivity (Wildman–Crippen MR) is 107 cm³/mol. The number of carbonyl (C=O) groups is 1. The largest absolute Gasteiger partial charge is 0.399 e. The van der Waals surface area contributed by atoms with Crippen LogP contribution in [-0.2, 0) is 15.6 Å². The molecule has 1 fully saturated rings. The minimum absolute atomic E-state index is 0.0631. The Balaban J connectivity index is 1.59. The fraction of sp³-hybridized carbons (Fsp3) is 0.318. The maximum atomic E-state index is 12.9. The first-order valence-corrected chi connectivity index (χ1v) is 9.09. The number of rotatable bonds is 3. The van der Waals surface area contributed by atoms with Gasteiger partial charge in [0.1, 0.15) is 0 Å². The normalized spacial score (nSPS) is 15.8. The van der Waals surface area contributed by atoms with Gasteiger partial charge in [0, 0.05) is 33.4 Å². The van der Waals surface area contributed by atoms with Crippen molar-refractivity contribution in [1.82, 2.24) is 4.98 Å². The molecule has 3 aromatic rings. The molecule has 1 aromatic heterocycles. The van der Waals surface area contributed by atoms with Crippen molar-refractivity contribution in [2.75, 3.05) is 11.1 Å². The number of aromatic amines is 1. The fourth-order valence-corrected chi connectivity index (χ4v) is 3.44. The van der Waals surface area contributed by atoms with Crippen LogP contribution in [0.5, 0.6) is 0 Å². The van der Waals surface area contributed by atoms with Gasteiger partial charge in [-0.3, -0.25) is 4.79 Å². The fourth-order valence-electron chi connectivity index (χ4n) is 3.44. The van der Waals surface area contributed by atoms with Crippen LogP contribution in [0.15, 0.2) is 48.5 Å². The number of nitrogen functional groups attached to an aromatic ring is 1. The Morgan fingerprint density at radius 1 is 1.08 bits per heavy atom. The molecule has 4 N–H and O–H groups in total. The third kappa shape index (κ3) is 2.85. The molecular formula is C22H25N3O. The van der Waals surface area contributed by atoms with Crippen molar-refractivity contribution in [2.45, 2.75) is 44.4 Å². The van der Waals surface area contributed by atoms with E-state index in [1.807, 2.05) is 42.5 Å². The number of hydrogen-bond donors (Lipinski definition) is 3. The van der Waals surface area contributed by atoms with Crippen LogP contribution in [0.25, 0.3) is 10.9 Å². The van der Waals surface area contributed by atoms with E-state index in [1.54, 1.807) is 0 Å². The van der Waals surface area contributed by atoms with Crippen molar-refractivity contribution in [3.63, 3.8) is 0 Å². The summed E-state index contributed by atoms with van der Waals surface area (Å²) in [6, 6.07) is 15.9. The smallest absolute Gasteiger partial charge is 0.235 e. The van der Waals surface area contributed by atoms with Gasteiger partial charge in [0.05, 0.1) is 5.41 Å². The zero-order valence-corrected chi connectivity index (χ0v) is 15.5. The van der Waals surface area contributed by atoms with Crippen LogP contribution in [0.2, 0.25) is 0 Å². The standard InChI is InChI=1S/C22H25N3O/c1-21(2,3)19-13-14-12-17(8-9-18(14)25-19)24-20(26)22(10-11-22)15-4-6-16(23)7-5-15/h4-9,12-13,25H,10-11,23H2,1-3H3,(H,24,26). The number of aromatic nitrogens is 1. The van der Waals surface area contributed by atoms with E-state index in [0.717, 1.165) is 40.7 Å². The third-order valence-electron chi connectivity index (χ3n) is 5.33. The highest BCUT2D eigenvalue weighted by Crippen LogP contribution is 2.49. The van der Waals surface area contributed by atoms with Gasteiger partial charge in [-0.1, -0.05) is 32.9 Å². The van der Waals surface area contributed by atoms with Gasteiger partial charge in [0.2, 0.25) is 5.91 Å². The monoisotopic (exact) mass is 347 g/mol. The molecule has 1 aliphatic rings. The molecule has 1 aliphatic carbocycles. The van der Waals surface area contributed by atoms with Crippen molar-refractivity contribution in [2.24, 2.45) is 0 Å². The number of anilines is 2. The van der Waals surface area contributed by atoms with Crippen LogP contribution in [0.1, 0.15) is 44.9 Å². The number of nitrogens with one attached hydrogen (secondary N) is 2. The molecule has 26 heavy (non-hydrogen) atoms. The molecule has 0 spiro atoms. The summed E-state index contributed by atoms with van der Waals surface area (Å²) < 4.78 is 0. The number of carbonyl (C=O) groups excluding carboxylic acids is 1. The molecule has 0 atom stereocenters. The molecule has 0 unspecified atom stereocenters. The molecule has 0 bridgehead atoms. The number of amides is 1. The third-order valence-corrected chi connectivity index (χ3v) is 5.33.